The Kier molecular flexibility index (Phi) is 5.69. The van der Waals surface area contributed by atoms with Crippen molar-refractivity contribution in [3.05, 3.63) is 107 Å². The quantitative estimate of drug-likeness (QED) is 0.382. The summed E-state index contributed by atoms with van der Waals surface area (Å²) < 4.78 is 0. The molecule has 0 aromatic heterocycles. The lowest BCUT2D eigenvalue weighted by molar-refractivity contribution is -0.114. The predicted molar refractivity (Wildman–Crippen MR) is 143 cm³/mol. The number of anilines is 2. The van der Waals surface area contributed by atoms with Crippen molar-refractivity contribution in [3.8, 4) is 0 Å². The number of aliphatic imine (C=N–C) groups is 1. The summed E-state index contributed by atoms with van der Waals surface area (Å²) in [6, 6.07) is 27.3. The van der Waals surface area contributed by atoms with Gasteiger partial charge in [-0.05, 0) is 34.6 Å². The fraction of sp³-hybridized carbons (Fsp3) is 0.167. The van der Waals surface area contributed by atoms with Gasteiger partial charge in [0, 0.05) is 27.8 Å². The molecule has 1 aliphatic heterocycles. The Morgan fingerprint density at radius 1 is 0.886 bits per heavy atom. The molecule has 174 valence electrons. The van der Waals surface area contributed by atoms with Crippen LogP contribution in [0.25, 0.3) is 10.8 Å². The average Bonchev–Trinajstić information content (AvgIpc) is 3.02. The van der Waals surface area contributed by atoms with Crippen molar-refractivity contribution in [2.75, 3.05) is 17.2 Å². The molecule has 2 N–H and O–H groups in total. The van der Waals surface area contributed by atoms with Crippen molar-refractivity contribution in [3.63, 3.8) is 0 Å². The molecule has 35 heavy (non-hydrogen) atoms. The Bertz CT molecular complexity index is 1480. The average molecular weight is 462 g/mol. The molecule has 0 saturated carbocycles. The number of nitrogens with zero attached hydrogens (tertiary/aromatic N) is 1. The summed E-state index contributed by atoms with van der Waals surface area (Å²) in [5.74, 6) is -0.277. The highest BCUT2D eigenvalue weighted by molar-refractivity contribution is 6.23. The van der Waals surface area contributed by atoms with Crippen LogP contribution in [0.1, 0.15) is 47.8 Å². The summed E-state index contributed by atoms with van der Waals surface area (Å²) in [6.07, 6.45) is 0. The minimum atomic E-state index is -0.140. The van der Waals surface area contributed by atoms with Crippen molar-refractivity contribution in [1.29, 1.82) is 0 Å². The highest BCUT2D eigenvalue weighted by Crippen LogP contribution is 2.31. The second-order valence-electron chi connectivity index (χ2n) is 9.75. The molecule has 1 heterocycles. The molecule has 0 spiro atoms. The second-order valence-corrected chi connectivity index (χ2v) is 9.75. The molecule has 0 unspecified atom stereocenters. The van der Waals surface area contributed by atoms with Crippen LogP contribution in [0.3, 0.4) is 0 Å². The summed E-state index contributed by atoms with van der Waals surface area (Å²) in [7, 11) is 0. The first-order valence-corrected chi connectivity index (χ1v) is 11.7. The van der Waals surface area contributed by atoms with Gasteiger partial charge in [0.05, 0.1) is 11.4 Å². The summed E-state index contributed by atoms with van der Waals surface area (Å²) in [5, 5.41) is 8.08. The number of benzene rings is 4. The lowest BCUT2D eigenvalue weighted by Gasteiger charge is -2.22. The zero-order chi connectivity index (χ0) is 24.6. The second kappa shape index (κ2) is 8.84. The van der Waals surface area contributed by atoms with E-state index >= 15 is 0 Å². The third-order valence-electron chi connectivity index (χ3n) is 6.23. The van der Waals surface area contributed by atoms with Gasteiger partial charge in [-0.3, -0.25) is 14.6 Å². The smallest absolute Gasteiger partial charge is 0.255 e. The van der Waals surface area contributed by atoms with E-state index in [0.717, 1.165) is 38.9 Å². The van der Waals surface area contributed by atoms with E-state index in [0.29, 0.717) is 11.3 Å². The highest BCUT2D eigenvalue weighted by atomic mass is 16.2. The van der Waals surface area contributed by atoms with E-state index in [-0.39, 0.29) is 23.8 Å². The van der Waals surface area contributed by atoms with E-state index < -0.39 is 0 Å². The van der Waals surface area contributed by atoms with Gasteiger partial charge in [-0.15, -0.1) is 0 Å². The van der Waals surface area contributed by atoms with Gasteiger partial charge in [0.25, 0.3) is 5.91 Å². The van der Waals surface area contributed by atoms with Crippen LogP contribution in [-0.2, 0) is 10.2 Å². The van der Waals surface area contributed by atoms with Crippen molar-refractivity contribution in [2.24, 2.45) is 4.99 Å². The van der Waals surface area contributed by atoms with Gasteiger partial charge < -0.3 is 10.6 Å². The summed E-state index contributed by atoms with van der Waals surface area (Å²) in [4.78, 5) is 30.1. The number of fused-ring (bicyclic) bond motifs is 3. The third kappa shape index (κ3) is 4.45. The van der Waals surface area contributed by atoms with E-state index in [1.165, 1.54) is 0 Å². The van der Waals surface area contributed by atoms with Crippen LogP contribution in [0.4, 0.5) is 11.4 Å². The molecule has 0 atom stereocenters. The first-order valence-electron chi connectivity index (χ1n) is 11.7. The molecule has 0 aliphatic carbocycles. The Balaban J connectivity index is 1.46. The van der Waals surface area contributed by atoms with E-state index in [9.17, 15) is 9.59 Å². The van der Waals surface area contributed by atoms with Gasteiger partial charge in [-0.1, -0.05) is 87.5 Å². The van der Waals surface area contributed by atoms with Crippen LogP contribution in [0.15, 0.2) is 89.9 Å². The predicted octanol–water partition coefficient (Wildman–Crippen LogP) is 6.18. The van der Waals surface area contributed by atoms with Crippen LogP contribution in [-0.4, -0.2) is 24.1 Å². The van der Waals surface area contributed by atoms with Crippen LogP contribution < -0.4 is 10.6 Å². The maximum absolute atomic E-state index is 13.1. The molecule has 2 amide bonds. The van der Waals surface area contributed by atoms with Crippen LogP contribution in [0.5, 0.6) is 0 Å². The first kappa shape index (κ1) is 22.5. The molecule has 0 fully saturated rings. The highest BCUT2D eigenvalue weighted by Gasteiger charge is 2.22. The fourth-order valence-corrected chi connectivity index (χ4v) is 4.51. The van der Waals surface area contributed by atoms with E-state index in [4.69, 9.17) is 0 Å². The normalized spacial score (nSPS) is 13.5. The molecule has 5 rings (SSSR count). The molecule has 5 heteroatoms. The van der Waals surface area contributed by atoms with Crippen molar-refractivity contribution >= 4 is 39.7 Å². The number of rotatable bonds is 3. The van der Waals surface area contributed by atoms with Crippen molar-refractivity contribution in [1.82, 2.24) is 0 Å². The Hall–Kier alpha value is -4.25. The molecule has 0 radical (unpaired) electrons. The van der Waals surface area contributed by atoms with Crippen LogP contribution in [0, 0.1) is 0 Å². The fourth-order valence-electron chi connectivity index (χ4n) is 4.51. The number of carbonyl (C=O) groups is 2. The minimum absolute atomic E-state index is 0.0560. The van der Waals surface area contributed by atoms with Crippen LogP contribution >= 0.6 is 0 Å². The molecule has 4 aromatic rings. The number of amides is 2. The van der Waals surface area contributed by atoms with Gasteiger partial charge >= 0.3 is 0 Å². The molecule has 0 saturated heterocycles. The molecular formula is C30H27N3O2. The molecule has 4 aromatic carbocycles. The largest absolute Gasteiger partial charge is 0.323 e. The van der Waals surface area contributed by atoms with Gasteiger partial charge in [0.1, 0.15) is 6.54 Å². The van der Waals surface area contributed by atoms with Gasteiger partial charge in [0.2, 0.25) is 5.91 Å². The van der Waals surface area contributed by atoms with E-state index in [1.807, 2.05) is 84.9 Å². The Morgan fingerprint density at radius 2 is 1.60 bits per heavy atom. The minimum Gasteiger partial charge on any atom is -0.323 e. The summed E-state index contributed by atoms with van der Waals surface area (Å²) in [5.41, 5.74) is 5.52. The number of carbonyl (C=O) groups excluding carboxylic acids is 2. The SMILES string of the molecule is CC(C)(C)c1ccccc1C(=O)Nc1ccc(C2=NCC(=O)Nc3c2ccc2ccccc32)cc1. The molecular weight excluding hydrogens is 434 g/mol. The maximum Gasteiger partial charge on any atom is 0.255 e. The number of hydrogen-bond acceptors (Lipinski definition) is 3. The monoisotopic (exact) mass is 461 g/mol. The Morgan fingerprint density at radius 3 is 2.37 bits per heavy atom. The van der Waals surface area contributed by atoms with Gasteiger partial charge in [-0.25, -0.2) is 0 Å². The van der Waals surface area contributed by atoms with E-state index in [2.05, 4.69) is 36.4 Å². The number of hydrogen-bond donors (Lipinski definition) is 2. The van der Waals surface area contributed by atoms with Crippen LogP contribution in [0.2, 0.25) is 0 Å². The van der Waals surface area contributed by atoms with Crippen molar-refractivity contribution in [2.45, 2.75) is 26.2 Å². The third-order valence-corrected chi connectivity index (χ3v) is 6.23. The lowest BCUT2D eigenvalue weighted by atomic mass is 9.83. The molecule has 5 nitrogen and oxygen atoms in total. The van der Waals surface area contributed by atoms with E-state index in [1.54, 1.807) is 0 Å². The molecule has 1 aliphatic rings. The Labute approximate surface area is 204 Å². The number of nitrogens with one attached hydrogen (secondary N) is 2. The standard InChI is InChI=1S/C30H27N3O2/c1-30(2,3)25-11-7-6-10-23(25)29(35)32-21-15-12-20(13-16-21)27-24-17-14-19-8-4-5-9-22(19)28(24)33-26(34)18-31-27/h4-17H,18H2,1-3H3,(H,32,35)(H,33,34). The first-order chi connectivity index (χ1) is 16.8. The van der Waals surface area contributed by atoms with Crippen molar-refractivity contribution < 1.29 is 9.59 Å². The summed E-state index contributed by atoms with van der Waals surface area (Å²) >= 11 is 0. The van der Waals surface area contributed by atoms with Gasteiger partial charge in [0.15, 0.2) is 0 Å². The van der Waals surface area contributed by atoms with Gasteiger partial charge in [-0.2, -0.15) is 0 Å². The zero-order valence-corrected chi connectivity index (χ0v) is 20.1. The maximum atomic E-state index is 13.1. The zero-order valence-electron chi connectivity index (χ0n) is 20.1. The lowest BCUT2D eigenvalue weighted by Crippen LogP contribution is -2.20. The molecule has 0 bridgehead atoms. The topological polar surface area (TPSA) is 70.6 Å². The summed E-state index contributed by atoms with van der Waals surface area (Å²) in [6.45, 7) is 6.35.